The van der Waals surface area contributed by atoms with Gasteiger partial charge in [0.1, 0.15) is 12.3 Å². The predicted molar refractivity (Wildman–Crippen MR) is 82.4 cm³/mol. The van der Waals surface area contributed by atoms with Gasteiger partial charge in [0.25, 0.3) is 0 Å². The Hall–Kier alpha value is -1.33. The van der Waals surface area contributed by atoms with E-state index in [9.17, 15) is 4.79 Å². The molecular formula is C15H15BrNO2S+. The molecule has 5 heteroatoms. The maximum absolute atomic E-state index is 12.0. The Morgan fingerprint density at radius 2 is 2.00 bits per heavy atom. The lowest BCUT2D eigenvalue weighted by Crippen LogP contribution is -2.25. The zero-order valence-corrected chi connectivity index (χ0v) is 13.6. The van der Waals surface area contributed by atoms with Crippen LogP contribution in [0.1, 0.15) is 10.8 Å². The third-order valence-electron chi connectivity index (χ3n) is 2.77. The first-order valence-electron chi connectivity index (χ1n) is 6.05. The van der Waals surface area contributed by atoms with Crippen LogP contribution < -0.4 is 4.57 Å². The first-order valence-corrected chi connectivity index (χ1v) is 7.72. The largest absolute Gasteiger partial charge is 0.468 e. The Kier molecular flexibility index (Phi) is 5.20. The fourth-order valence-corrected chi connectivity index (χ4v) is 3.17. The Morgan fingerprint density at radius 1 is 1.30 bits per heavy atom. The van der Waals surface area contributed by atoms with Gasteiger partial charge in [-0.2, -0.15) is 0 Å². The molecule has 1 aromatic carbocycles. The molecule has 0 radical (unpaired) electrons. The number of thioether (sulfide) groups is 1. The number of aromatic nitrogens is 1. The van der Waals surface area contributed by atoms with Gasteiger partial charge in [0, 0.05) is 21.5 Å². The summed E-state index contributed by atoms with van der Waals surface area (Å²) in [5.74, 6) is -0.249. The van der Waals surface area contributed by atoms with E-state index in [1.54, 1.807) is 0 Å². The fourth-order valence-electron chi connectivity index (χ4n) is 1.73. The van der Waals surface area contributed by atoms with Crippen molar-refractivity contribution in [1.29, 1.82) is 0 Å². The van der Waals surface area contributed by atoms with Crippen molar-refractivity contribution in [1.82, 2.24) is 0 Å². The molecule has 1 atom stereocenters. The molecule has 0 aliphatic heterocycles. The van der Waals surface area contributed by atoms with Gasteiger partial charge in [-0.3, -0.25) is 4.79 Å². The lowest BCUT2D eigenvalue weighted by atomic mass is 10.1. The van der Waals surface area contributed by atoms with Crippen molar-refractivity contribution >= 4 is 33.7 Å². The summed E-state index contributed by atoms with van der Waals surface area (Å²) in [7, 11) is 3.37. The second kappa shape index (κ2) is 6.90. The summed E-state index contributed by atoms with van der Waals surface area (Å²) in [5.41, 5.74) is 0.921. The molecule has 0 bridgehead atoms. The first-order chi connectivity index (χ1) is 9.60. The summed E-state index contributed by atoms with van der Waals surface area (Å²) >= 11 is 4.91. The molecule has 0 saturated carbocycles. The molecular weight excluding hydrogens is 338 g/mol. The topological polar surface area (TPSA) is 30.2 Å². The summed E-state index contributed by atoms with van der Waals surface area (Å²) < 4.78 is 7.83. The lowest BCUT2D eigenvalue weighted by Gasteiger charge is -2.14. The molecule has 1 heterocycles. The zero-order chi connectivity index (χ0) is 14.5. The molecule has 104 valence electrons. The average molecular weight is 353 g/mol. The summed E-state index contributed by atoms with van der Waals surface area (Å²) in [6.07, 6.45) is 3.91. The second-order valence-corrected chi connectivity index (χ2v) is 6.37. The maximum Gasteiger partial charge on any atom is 0.323 e. The van der Waals surface area contributed by atoms with E-state index in [2.05, 4.69) is 15.9 Å². The number of carbonyl (C=O) groups excluding carboxylic acids is 1. The van der Waals surface area contributed by atoms with Crippen LogP contribution in [0, 0.1) is 0 Å². The molecule has 0 fully saturated rings. The molecule has 2 aromatic rings. The van der Waals surface area contributed by atoms with E-state index in [4.69, 9.17) is 4.74 Å². The highest BCUT2D eigenvalue weighted by molar-refractivity contribution is 9.10. The monoisotopic (exact) mass is 352 g/mol. The van der Waals surface area contributed by atoms with Crippen LogP contribution in [0.3, 0.4) is 0 Å². The van der Waals surface area contributed by atoms with Gasteiger partial charge < -0.3 is 4.74 Å². The van der Waals surface area contributed by atoms with Crippen molar-refractivity contribution in [2.75, 3.05) is 7.11 Å². The highest BCUT2D eigenvalue weighted by Crippen LogP contribution is 2.36. The molecule has 0 aliphatic carbocycles. The summed E-state index contributed by atoms with van der Waals surface area (Å²) in [4.78, 5) is 13.1. The van der Waals surface area contributed by atoms with Crippen LogP contribution in [0.4, 0.5) is 0 Å². The third kappa shape index (κ3) is 3.84. The van der Waals surface area contributed by atoms with Gasteiger partial charge in [-0.1, -0.05) is 28.1 Å². The van der Waals surface area contributed by atoms with E-state index in [1.165, 1.54) is 18.9 Å². The minimum Gasteiger partial charge on any atom is -0.468 e. The van der Waals surface area contributed by atoms with Gasteiger partial charge in [0.05, 0.1) is 7.11 Å². The van der Waals surface area contributed by atoms with Crippen LogP contribution in [0.5, 0.6) is 0 Å². The number of methoxy groups -OCH3 is 1. The number of benzene rings is 1. The van der Waals surface area contributed by atoms with Gasteiger partial charge in [-0.25, -0.2) is 4.57 Å². The maximum atomic E-state index is 12.0. The normalized spacial score (nSPS) is 11.9. The Bertz CT molecular complexity index is 601. The van der Waals surface area contributed by atoms with Crippen LogP contribution in [0.2, 0.25) is 0 Å². The van der Waals surface area contributed by atoms with Crippen molar-refractivity contribution in [3.63, 3.8) is 0 Å². The number of pyridine rings is 1. The molecule has 1 unspecified atom stereocenters. The third-order valence-corrected chi connectivity index (χ3v) is 4.51. The number of ether oxygens (including phenoxy) is 1. The molecule has 0 spiro atoms. The standard InChI is InChI=1S/C15H15BrNO2S/c1-17-8-6-13(7-9-17)20-14(15(18)19-2)11-4-3-5-12(16)10-11/h3-10,14H,1-2H3/q+1. The van der Waals surface area contributed by atoms with Crippen molar-refractivity contribution in [3.05, 3.63) is 58.8 Å². The van der Waals surface area contributed by atoms with Crippen LogP contribution in [-0.2, 0) is 16.6 Å². The van der Waals surface area contributed by atoms with Crippen molar-refractivity contribution in [2.24, 2.45) is 7.05 Å². The highest BCUT2D eigenvalue weighted by atomic mass is 79.9. The number of aryl methyl sites for hydroxylation is 1. The highest BCUT2D eigenvalue weighted by Gasteiger charge is 2.23. The molecule has 0 saturated heterocycles. The quantitative estimate of drug-likeness (QED) is 0.480. The van der Waals surface area contributed by atoms with E-state index in [-0.39, 0.29) is 11.2 Å². The number of rotatable bonds is 4. The van der Waals surface area contributed by atoms with Gasteiger partial charge in [-0.15, -0.1) is 11.8 Å². The predicted octanol–water partition coefficient (Wildman–Crippen LogP) is 3.28. The fraction of sp³-hybridized carbons (Fsp3) is 0.200. The Labute approximate surface area is 131 Å². The molecule has 2 rings (SSSR count). The van der Waals surface area contributed by atoms with Crippen molar-refractivity contribution in [3.8, 4) is 0 Å². The Morgan fingerprint density at radius 3 is 2.60 bits per heavy atom. The smallest absolute Gasteiger partial charge is 0.323 e. The molecule has 0 N–H and O–H groups in total. The van der Waals surface area contributed by atoms with Crippen LogP contribution >= 0.6 is 27.7 Å². The average Bonchev–Trinajstić information content (AvgIpc) is 2.46. The van der Waals surface area contributed by atoms with E-state index < -0.39 is 0 Å². The van der Waals surface area contributed by atoms with E-state index in [0.717, 1.165) is 14.9 Å². The number of hydrogen-bond donors (Lipinski definition) is 0. The zero-order valence-electron chi connectivity index (χ0n) is 11.2. The minimum absolute atomic E-state index is 0.249. The van der Waals surface area contributed by atoms with E-state index >= 15 is 0 Å². The SMILES string of the molecule is COC(=O)C(Sc1cc[n+](C)cc1)c1cccc(Br)c1. The summed E-state index contributed by atoms with van der Waals surface area (Å²) in [6.45, 7) is 0. The molecule has 3 nitrogen and oxygen atoms in total. The molecule has 0 amide bonds. The van der Waals surface area contributed by atoms with Gasteiger partial charge in [0.15, 0.2) is 12.4 Å². The Balaban J connectivity index is 2.28. The first kappa shape index (κ1) is 15.1. The number of hydrogen-bond acceptors (Lipinski definition) is 3. The van der Waals surface area contributed by atoms with Crippen LogP contribution in [0.15, 0.2) is 58.2 Å². The molecule has 20 heavy (non-hydrogen) atoms. The molecule has 0 aliphatic rings. The number of esters is 1. The van der Waals surface area contributed by atoms with Gasteiger partial charge in [-0.05, 0) is 17.7 Å². The summed E-state index contributed by atoms with van der Waals surface area (Å²) in [5, 5.41) is -0.370. The van der Waals surface area contributed by atoms with Crippen LogP contribution in [0.25, 0.3) is 0 Å². The van der Waals surface area contributed by atoms with Gasteiger partial charge >= 0.3 is 5.97 Å². The number of carbonyl (C=O) groups is 1. The molecule has 1 aromatic heterocycles. The minimum atomic E-state index is -0.370. The van der Waals surface area contributed by atoms with Gasteiger partial charge in [0.2, 0.25) is 0 Å². The van der Waals surface area contributed by atoms with E-state index in [0.29, 0.717) is 0 Å². The second-order valence-electron chi connectivity index (χ2n) is 4.28. The van der Waals surface area contributed by atoms with Crippen molar-refractivity contribution < 1.29 is 14.1 Å². The van der Waals surface area contributed by atoms with E-state index in [1.807, 2.05) is 60.4 Å². The summed E-state index contributed by atoms with van der Waals surface area (Å²) in [6, 6.07) is 11.7. The number of nitrogens with zero attached hydrogens (tertiary/aromatic N) is 1. The van der Waals surface area contributed by atoms with Crippen LogP contribution in [-0.4, -0.2) is 13.1 Å². The number of halogens is 1. The van der Waals surface area contributed by atoms with Crippen molar-refractivity contribution in [2.45, 2.75) is 10.1 Å². The lowest BCUT2D eigenvalue weighted by molar-refractivity contribution is -0.671.